The maximum Gasteiger partial charge on any atom is 0.123 e. The SMILES string of the molecule is COc1ccc(CBr)cc1CN(C)C. The highest BCUT2D eigenvalue weighted by atomic mass is 79.9. The van der Waals surface area contributed by atoms with Crippen molar-refractivity contribution in [1.82, 2.24) is 4.90 Å². The van der Waals surface area contributed by atoms with Crippen LogP contribution in [0.25, 0.3) is 0 Å². The van der Waals surface area contributed by atoms with Crippen LogP contribution in [0.1, 0.15) is 11.1 Å². The first-order chi connectivity index (χ1) is 6.67. The van der Waals surface area contributed by atoms with E-state index in [9.17, 15) is 0 Å². The molecule has 0 aliphatic rings. The third kappa shape index (κ3) is 3.00. The number of alkyl halides is 1. The smallest absolute Gasteiger partial charge is 0.123 e. The summed E-state index contributed by atoms with van der Waals surface area (Å²) in [6, 6.07) is 6.27. The Balaban J connectivity index is 2.96. The van der Waals surface area contributed by atoms with Gasteiger partial charge in [-0.2, -0.15) is 0 Å². The van der Waals surface area contributed by atoms with Gasteiger partial charge in [-0.3, -0.25) is 0 Å². The Hall–Kier alpha value is -0.540. The number of hydrogen-bond donors (Lipinski definition) is 0. The Bertz CT molecular complexity index is 299. The van der Waals surface area contributed by atoms with Gasteiger partial charge in [0.05, 0.1) is 7.11 Å². The molecule has 0 bridgehead atoms. The fraction of sp³-hybridized carbons (Fsp3) is 0.455. The molecule has 0 fully saturated rings. The van der Waals surface area contributed by atoms with E-state index in [0.717, 1.165) is 17.6 Å². The van der Waals surface area contributed by atoms with Crippen LogP contribution in [0.4, 0.5) is 0 Å². The van der Waals surface area contributed by atoms with E-state index in [4.69, 9.17) is 4.74 Å². The van der Waals surface area contributed by atoms with Crippen molar-refractivity contribution in [3.8, 4) is 5.75 Å². The molecule has 1 aromatic carbocycles. The van der Waals surface area contributed by atoms with Gasteiger partial charge < -0.3 is 9.64 Å². The molecule has 2 nitrogen and oxygen atoms in total. The zero-order valence-corrected chi connectivity index (χ0v) is 10.5. The summed E-state index contributed by atoms with van der Waals surface area (Å²) in [4.78, 5) is 2.13. The second-order valence-electron chi connectivity index (χ2n) is 3.52. The van der Waals surface area contributed by atoms with Crippen molar-refractivity contribution in [1.29, 1.82) is 0 Å². The van der Waals surface area contributed by atoms with Gasteiger partial charge in [0.25, 0.3) is 0 Å². The van der Waals surface area contributed by atoms with Crippen LogP contribution in [-0.4, -0.2) is 26.1 Å². The average Bonchev–Trinajstić information content (AvgIpc) is 2.16. The molecule has 3 heteroatoms. The first kappa shape index (κ1) is 11.5. The number of ether oxygens (including phenoxy) is 1. The standard InChI is InChI=1S/C11H16BrNO/c1-13(2)8-10-6-9(7-12)4-5-11(10)14-3/h4-6H,7-8H2,1-3H3. The quantitative estimate of drug-likeness (QED) is 0.770. The summed E-state index contributed by atoms with van der Waals surface area (Å²) in [6.45, 7) is 0.907. The van der Waals surface area contributed by atoms with E-state index in [0.29, 0.717) is 0 Å². The molecule has 14 heavy (non-hydrogen) atoms. The van der Waals surface area contributed by atoms with Crippen molar-refractivity contribution >= 4 is 15.9 Å². The molecule has 0 aliphatic heterocycles. The summed E-state index contributed by atoms with van der Waals surface area (Å²) in [6.07, 6.45) is 0. The van der Waals surface area contributed by atoms with Crippen LogP contribution in [0.3, 0.4) is 0 Å². The molecule has 0 aliphatic carbocycles. The summed E-state index contributed by atoms with van der Waals surface area (Å²) in [5.41, 5.74) is 2.51. The number of hydrogen-bond acceptors (Lipinski definition) is 2. The summed E-state index contributed by atoms with van der Waals surface area (Å²) in [7, 11) is 5.82. The highest BCUT2D eigenvalue weighted by molar-refractivity contribution is 9.08. The second-order valence-corrected chi connectivity index (χ2v) is 4.08. The van der Waals surface area contributed by atoms with Crippen LogP contribution in [0, 0.1) is 0 Å². The van der Waals surface area contributed by atoms with Gasteiger partial charge >= 0.3 is 0 Å². The number of halogens is 1. The van der Waals surface area contributed by atoms with Crippen LogP contribution < -0.4 is 4.74 Å². The highest BCUT2D eigenvalue weighted by Gasteiger charge is 2.04. The van der Waals surface area contributed by atoms with Crippen molar-refractivity contribution in [3.05, 3.63) is 29.3 Å². The van der Waals surface area contributed by atoms with Crippen LogP contribution >= 0.6 is 15.9 Å². The van der Waals surface area contributed by atoms with Crippen LogP contribution in [0.2, 0.25) is 0 Å². The molecule has 0 unspecified atom stereocenters. The first-order valence-electron chi connectivity index (χ1n) is 4.54. The zero-order chi connectivity index (χ0) is 10.6. The van der Waals surface area contributed by atoms with E-state index >= 15 is 0 Å². The third-order valence-electron chi connectivity index (χ3n) is 1.99. The molecule has 0 aromatic heterocycles. The maximum absolute atomic E-state index is 5.30. The molecular weight excluding hydrogens is 242 g/mol. The lowest BCUT2D eigenvalue weighted by molar-refractivity contribution is 0.371. The van der Waals surface area contributed by atoms with Gasteiger partial charge in [-0.25, -0.2) is 0 Å². The fourth-order valence-electron chi connectivity index (χ4n) is 1.38. The average molecular weight is 258 g/mol. The highest BCUT2D eigenvalue weighted by Crippen LogP contribution is 2.21. The zero-order valence-electron chi connectivity index (χ0n) is 8.88. The minimum atomic E-state index is 0.886. The Morgan fingerprint density at radius 2 is 2.07 bits per heavy atom. The third-order valence-corrected chi connectivity index (χ3v) is 2.63. The van der Waals surface area contributed by atoms with Crippen molar-refractivity contribution < 1.29 is 4.74 Å². The van der Waals surface area contributed by atoms with Crippen molar-refractivity contribution in [2.75, 3.05) is 21.2 Å². The molecule has 0 radical (unpaired) electrons. The van der Waals surface area contributed by atoms with Crippen molar-refractivity contribution in [2.24, 2.45) is 0 Å². The Kier molecular flexibility index (Phi) is 4.42. The number of benzene rings is 1. The molecule has 1 rings (SSSR count). The monoisotopic (exact) mass is 257 g/mol. The number of methoxy groups -OCH3 is 1. The van der Waals surface area contributed by atoms with E-state index in [2.05, 4.69) is 47.1 Å². The van der Waals surface area contributed by atoms with Gasteiger partial charge in [-0.1, -0.05) is 22.0 Å². The van der Waals surface area contributed by atoms with Gasteiger partial charge in [-0.15, -0.1) is 0 Å². The van der Waals surface area contributed by atoms with Crippen molar-refractivity contribution in [3.63, 3.8) is 0 Å². The fourth-order valence-corrected chi connectivity index (χ4v) is 1.73. The largest absolute Gasteiger partial charge is 0.496 e. The number of nitrogens with zero attached hydrogens (tertiary/aromatic N) is 1. The lowest BCUT2D eigenvalue weighted by Crippen LogP contribution is -2.11. The van der Waals surface area contributed by atoms with E-state index in [1.165, 1.54) is 11.1 Å². The van der Waals surface area contributed by atoms with Crippen LogP contribution in [0.15, 0.2) is 18.2 Å². The Morgan fingerprint density at radius 1 is 1.36 bits per heavy atom. The molecular formula is C11H16BrNO. The lowest BCUT2D eigenvalue weighted by Gasteiger charge is -2.14. The minimum Gasteiger partial charge on any atom is -0.496 e. The van der Waals surface area contributed by atoms with Gasteiger partial charge in [0.2, 0.25) is 0 Å². The topological polar surface area (TPSA) is 12.5 Å². The lowest BCUT2D eigenvalue weighted by atomic mass is 10.1. The van der Waals surface area contributed by atoms with E-state index in [1.807, 2.05) is 6.07 Å². The molecule has 0 N–H and O–H groups in total. The molecule has 0 spiro atoms. The minimum absolute atomic E-state index is 0.886. The van der Waals surface area contributed by atoms with Gasteiger partial charge in [-0.05, 0) is 31.8 Å². The molecule has 0 heterocycles. The molecule has 0 saturated heterocycles. The van der Waals surface area contributed by atoms with E-state index in [1.54, 1.807) is 7.11 Å². The normalized spacial score (nSPS) is 10.6. The summed E-state index contributed by atoms with van der Waals surface area (Å²) in [5, 5.41) is 0.886. The maximum atomic E-state index is 5.30. The molecule has 78 valence electrons. The molecule has 0 saturated carbocycles. The van der Waals surface area contributed by atoms with E-state index < -0.39 is 0 Å². The molecule has 0 atom stereocenters. The van der Waals surface area contributed by atoms with Crippen LogP contribution in [0.5, 0.6) is 5.75 Å². The second kappa shape index (κ2) is 5.37. The molecule has 0 amide bonds. The van der Waals surface area contributed by atoms with Gasteiger partial charge in [0, 0.05) is 17.4 Å². The van der Waals surface area contributed by atoms with Gasteiger partial charge in [0.1, 0.15) is 5.75 Å². The van der Waals surface area contributed by atoms with Crippen molar-refractivity contribution in [2.45, 2.75) is 11.9 Å². The predicted molar refractivity (Wildman–Crippen MR) is 63.0 cm³/mol. The Labute approximate surface area is 94.0 Å². The number of rotatable bonds is 4. The summed E-state index contributed by atoms with van der Waals surface area (Å²) < 4.78 is 5.30. The van der Waals surface area contributed by atoms with Crippen LogP contribution in [-0.2, 0) is 11.9 Å². The first-order valence-corrected chi connectivity index (χ1v) is 5.66. The van der Waals surface area contributed by atoms with E-state index in [-0.39, 0.29) is 0 Å². The molecule has 1 aromatic rings. The van der Waals surface area contributed by atoms with Gasteiger partial charge in [0.15, 0.2) is 0 Å². The Morgan fingerprint density at radius 3 is 2.57 bits per heavy atom. The summed E-state index contributed by atoms with van der Waals surface area (Å²) in [5.74, 6) is 0.961. The predicted octanol–water partition coefficient (Wildman–Crippen LogP) is 2.65. The summed E-state index contributed by atoms with van der Waals surface area (Å²) >= 11 is 3.45.